The molecule has 2 aliphatic heterocycles. The van der Waals surface area contributed by atoms with Crippen molar-refractivity contribution < 1.29 is 14.3 Å². The van der Waals surface area contributed by atoms with Gasteiger partial charge in [-0.2, -0.15) is 0 Å². The zero-order chi connectivity index (χ0) is 34.4. The molecule has 0 aliphatic carbocycles. The number of carbonyl (C=O) groups is 1. The zero-order valence-electron chi connectivity index (χ0n) is 27.6. The molecular formula is C39H36Cl2N6O3. The van der Waals surface area contributed by atoms with Gasteiger partial charge < -0.3 is 14.8 Å². The highest BCUT2D eigenvalue weighted by molar-refractivity contribution is 6.36. The second-order valence-electron chi connectivity index (χ2n) is 13.3. The molecule has 8 rings (SSSR count). The molecule has 0 amide bonds. The van der Waals surface area contributed by atoms with Gasteiger partial charge >= 0.3 is 5.97 Å². The lowest BCUT2D eigenvalue weighted by atomic mass is 9.96. The number of oxazole rings is 1. The zero-order valence-corrected chi connectivity index (χ0v) is 29.1. The quantitative estimate of drug-likeness (QED) is 0.152. The highest BCUT2D eigenvalue weighted by Crippen LogP contribution is 2.40. The second-order valence-corrected chi connectivity index (χ2v) is 14.1. The lowest BCUT2D eigenvalue weighted by Crippen LogP contribution is -2.22. The molecule has 2 saturated heterocycles. The molecule has 0 saturated carbocycles. The Balaban J connectivity index is 1.06. The Kier molecular flexibility index (Phi) is 8.91. The number of aliphatic carboxylic acids is 1. The van der Waals surface area contributed by atoms with E-state index in [2.05, 4.69) is 26.2 Å². The normalized spacial score (nSPS) is 16.9. The lowest BCUT2D eigenvalue weighted by molar-refractivity contribution is -0.141. The summed E-state index contributed by atoms with van der Waals surface area (Å²) in [6, 6.07) is 20.0. The molecule has 9 nitrogen and oxygen atoms in total. The molecule has 0 bridgehead atoms. The minimum absolute atomic E-state index is 0.335. The van der Waals surface area contributed by atoms with Crippen molar-refractivity contribution in [2.75, 3.05) is 31.5 Å². The Morgan fingerprint density at radius 2 is 1.72 bits per heavy atom. The van der Waals surface area contributed by atoms with E-state index in [1.807, 2.05) is 67.7 Å². The molecule has 3 aromatic heterocycles. The number of carboxylic acid groups (broad SMARTS) is 1. The van der Waals surface area contributed by atoms with Crippen LogP contribution in [0.4, 0.5) is 11.5 Å². The van der Waals surface area contributed by atoms with E-state index in [1.54, 1.807) is 6.20 Å². The summed E-state index contributed by atoms with van der Waals surface area (Å²) < 4.78 is 6.25. The predicted octanol–water partition coefficient (Wildman–Crippen LogP) is 8.97. The van der Waals surface area contributed by atoms with Crippen LogP contribution in [0.2, 0.25) is 10.0 Å². The summed E-state index contributed by atoms with van der Waals surface area (Å²) in [5.41, 5.74) is 8.46. The fraction of sp³-hybridized carbons (Fsp3) is 0.282. The van der Waals surface area contributed by atoms with Gasteiger partial charge in [-0.1, -0.05) is 47.5 Å². The van der Waals surface area contributed by atoms with Crippen LogP contribution >= 0.6 is 23.2 Å². The Morgan fingerprint density at radius 3 is 2.54 bits per heavy atom. The first-order valence-corrected chi connectivity index (χ1v) is 17.7. The van der Waals surface area contributed by atoms with Gasteiger partial charge in [-0.05, 0) is 104 Å². The smallest absolute Gasteiger partial charge is 0.307 e. The molecule has 6 aromatic rings. The standard InChI is InChI=1S/C39H36Cl2N6O3/c1-23-28(6-4-7-29(23)38-45-33-18-24(17-31(40)36(33)50-38)20-47-15-11-27(22-47)39(48)49)30-8-5-9-32(34(30)41)44-37-35-26(10-12-42-37)16-25(19-43-35)21-46-13-2-3-14-46/h4-10,12,16-19,27H,2-3,11,13-15,20-22H2,1H3,(H,42,44)(H,48,49)/t27-/m0/s1. The molecule has 0 spiro atoms. The molecular weight excluding hydrogens is 671 g/mol. The minimum atomic E-state index is -0.746. The number of anilines is 2. The number of rotatable bonds is 9. The molecule has 0 radical (unpaired) electrons. The molecule has 3 aromatic carbocycles. The number of aromatic nitrogens is 3. The first kappa shape index (κ1) is 32.7. The van der Waals surface area contributed by atoms with Crippen LogP contribution in [0.15, 0.2) is 77.5 Å². The van der Waals surface area contributed by atoms with Crippen molar-refractivity contribution in [2.24, 2.45) is 5.92 Å². The molecule has 2 aliphatic rings. The summed E-state index contributed by atoms with van der Waals surface area (Å²) in [5.74, 6) is 0.0301. The maximum atomic E-state index is 11.4. The summed E-state index contributed by atoms with van der Waals surface area (Å²) in [6.45, 7) is 7.08. The molecule has 11 heteroatoms. The first-order valence-electron chi connectivity index (χ1n) is 17.0. The third-order valence-corrected chi connectivity index (χ3v) is 10.6. The van der Waals surface area contributed by atoms with E-state index < -0.39 is 5.97 Å². The van der Waals surface area contributed by atoms with Gasteiger partial charge in [0.05, 0.1) is 21.7 Å². The van der Waals surface area contributed by atoms with E-state index in [4.69, 9.17) is 37.6 Å². The van der Waals surface area contributed by atoms with Crippen LogP contribution in [-0.4, -0.2) is 62.0 Å². The number of benzene rings is 3. The van der Waals surface area contributed by atoms with Gasteiger partial charge in [-0.3, -0.25) is 19.6 Å². The van der Waals surface area contributed by atoms with E-state index in [-0.39, 0.29) is 5.92 Å². The van der Waals surface area contributed by atoms with Gasteiger partial charge in [0, 0.05) is 48.5 Å². The van der Waals surface area contributed by atoms with Gasteiger partial charge in [0.1, 0.15) is 11.0 Å². The molecule has 254 valence electrons. The maximum absolute atomic E-state index is 11.4. The minimum Gasteiger partial charge on any atom is -0.481 e. The van der Waals surface area contributed by atoms with Crippen LogP contribution in [0.5, 0.6) is 0 Å². The Morgan fingerprint density at radius 1 is 0.940 bits per heavy atom. The van der Waals surface area contributed by atoms with Crippen molar-refractivity contribution in [3.8, 4) is 22.6 Å². The SMILES string of the molecule is Cc1c(-c2nc3cc(CN4CC[C@H](C(=O)O)C4)cc(Cl)c3o2)cccc1-c1cccc(Nc2nccc3cc(CN4CCCC4)cnc23)c1Cl. The van der Waals surface area contributed by atoms with E-state index in [1.165, 1.54) is 18.4 Å². The van der Waals surface area contributed by atoms with Gasteiger partial charge in [0.15, 0.2) is 11.4 Å². The fourth-order valence-electron chi connectivity index (χ4n) is 7.29. The van der Waals surface area contributed by atoms with E-state index >= 15 is 0 Å². The van der Waals surface area contributed by atoms with Gasteiger partial charge in [0.2, 0.25) is 5.89 Å². The molecule has 0 unspecified atom stereocenters. The Bertz CT molecular complexity index is 2250. The molecule has 50 heavy (non-hydrogen) atoms. The average Bonchev–Trinajstić information content (AvgIpc) is 3.88. The number of pyridine rings is 2. The van der Waals surface area contributed by atoms with Gasteiger partial charge in [0.25, 0.3) is 0 Å². The average molecular weight is 708 g/mol. The molecule has 2 fully saturated rings. The topological polar surface area (TPSA) is 108 Å². The van der Waals surface area contributed by atoms with Crippen molar-refractivity contribution in [1.82, 2.24) is 24.8 Å². The Hall–Kier alpha value is -4.54. The van der Waals surface area contributed by atoms with Crippen LogP contribution in [0.1, 0.15) is 36.0 Å². The summed E-state index contributed by atoms with van der Waals surface area (Å²) in [5, 5.41) is 14.9. The van der Waals surface area contributed by atoms with Gasteiger partial charge in [-0.25, -0.2) is 9.97 Å². The van der Waals surface area contributed by atoms with E-state index in [9.17, 15) is 9.90 Å². The van der Waals surface area contributed by atoms with Crippen LogP contribution in [0, 0.1) is 12.8 Å². The lowest BCUT2D eigenvalue weighted by Gasteiger charge is -2.16. The molecule has 2 N–H and O–H groups in total. The van der Waals surface area contributed by atoms with Crippen molar-refractivity contribution in [3.63, 3.8) is 0 Å². The van der Waals surface area contributed by atoms with Crippen molar-refractivity contribution >= 4 is 62.7 Å². The van der Waals surface area contributed by atoms with Crippen molar-refractivity contribution in [3.05, 3.63) is 99.8 Å². The van der Waals surface area contributed by atoms with Crippen LogP contribution in [-0.2, 0) is 17.9 Å². The maximum Gasteiger partial charge on any atom is 0.307 e. The Labute approximate surface area is 299 Å². The molecule has 1 atom stereocenters. The third kappa shape index (κ3) is 6.42. The third-order valence-electron chi connectivity index (χ3n) is 9.90. The highest BCUT2D eigenvalue weighted by Gasteiger charge is 2.28. The van der Waals surface area contributed by atoms with Crippen LogP contribution < -0.4 is 5.32 Å². The van der Waals surface area contributed by atoms with Crippen LogP contribution in [0.25, 0.3) is 44.6 Å². The number of nitrogens with one attached hydrogen (secondary N) is 1. The number of carboxylic acids is 1. The fourth-order valence-corrected chi connectivity index (χ4v) is 7.85. The second kappa shape index (κ2) is 13.6. The molecule has 5 heterocycles. The highest BCUT2D eigenvalue weighted by atomic mass is 35.5. The number of hydrogen-bond donors (Lipinski definition) is 2. The van der Waals surface area contributed by atoms with Crippen molar-refractivity contribution in [1.29, 1.82) is 0 Å². The summed E-state index contributed by atoms with van der Waals surface area (Å²) >= 11 is 13.8. The van der Waals surface area contributed by atoms with Crippen molar-refractivity contribution in [2.45, 2.75) is 39.3 Å². The first-order chi connectivity index (χ1) is 24.3. The number of nitrogens with zero attached hydrogens (tertiary/aromatic N) is 5. The van der Waals surface area contributed by atoms with Gasteiger partial charge in [-0.15, -0.1) is 0 Å². The monoisotopic (exact) mass is 706 g/mol. The number of hydrogen-bond acceptors (Lipinski definition) is 8. The number of halogens is 2. The van der Waals surface area contributed by atoms with E-state index in [0.717, 1.165) is 70.6 Å². The van der Waals surface area contributed by atoms with Crippen LogP contribution in [0.3, 0.4) is 0 Å². The number of fused-ring (bicyclic) bond motifs is 2. The summed E-state index contributed by atoms with van der Waals surface area (Å²) in [4.78, 5) is 30.3. The summed E-state index contributed by atoms with van der Waals surface area (Å²) in [6.07, 6.45) is 6.91. The van der Waals surface area contributed by atoms with E-state index in [0.29, 0.717) is 52.4 Å². The largest absolute Gasteiger partial charge is 0.481 e. The summed E-state index contributed by atoms with van der Waals surface area (Å²) in [7, 11) is 0. The number of likely N-dealkylation sites (tertiary alicyclic amines) is 2. The predicted molar refractivity (Wildman–Crippen MR) is 198 cm³/mol.